The Labute approximate surface area is 164 Å². The summed E-state index contributed by atoms with van der Waals surface area (Å²) < 4.78 is 16.7. The van der Waals surface area contributed by atoms with Gasteiger partial charge in [-0.25, -0.2) is 4.98 Å². The number of ether oxygens (including phenoxy) is 2. The minimum absolute atomic E-state index is 0.167. The number of anilines is 1. The van der Waals surface area contributed by atoms with Crippen LogP contribution in [-0.4, -0.2) is 29.9 Å². The van der Waals surface area contributed by atoms with E-state index in [0.717, 1.165) is 5.56 Å². The van der Waals surface area contributed by atoms with Crippen LogP contribution in [0, 0.1) is 0 Å². The molecule has 1 aliphatic rings. The third kappa shape index (κ3) is 4.37. The number of rotatable bonds is 5. The summed E-state index contributed by atoms with van der Waals surface area (Å²) in [5.74, 6) is 1.92. The SMILES string of the molecule is O=C(CSc1ncc(-c2cccc(Cl)c2)o1)Nc1ccc2c(c1)OCCO2. The van der Waals surface area contributed by atoms with Gasteiger partial charge in [-0.2, -0.15) is 0 Å². The van der Waals surface area contributed by atoms with Crippen molar-refractivity contribution in [1.29, 1.82) is 0 Å². The fourth-order valence-electron chi connectivity index (χ4n) is 2.55. The molecule has 2 aromatic carbocycles. The summed E-state index contributed by atoms with van der Waals surface area (Å²) in [7, 11) is 0. The highest BCUT2D eigenvalue weighted by Gasteiger charge is 2.14. The molecule has 8 heteroatoms. The fraction of sp³-hybridized carbons (Fsp3) is 0.158. The summed E-state index contributed by atoms with van der Waals surface area (Å²) in [6.45, 7) is 1.03. The lowest BCUT2D eigenvalue weighted by atomic mass is 10.2. The number of aromatic nitrogens is 1. The van der Waals surface area contributed by atoms with Gasteiger partial charge in [0.15, 0.2) is 17.3 Å². The summed E-state index contributed by atoms with van der Waals surface area (Å²) >= 11 is 7.21. The van der Waals surface area contributed by atoms with E-state index in [2.05, 4.69) is 10.3 Å². The van der Waals surface area contributed by atoms with Crippen LogP contribution in [0.5, 0.6) is 11.5 Å². The number of amides is 1. The average molecular weight is 403 g/mol. The number of thioether (sulfide) groups is 1. The Kier molecular flexibility index (Phi) is 5.22. The van der Waals surface area contributed by atoms with Crippen LogP contribution in [0.4, 0.5) is 5.69 Å². The molecule has 0 aliphatic carbocycles. The molecule has 2 heterocycles. The van der Waals surface area contributed by atoms with E-state index < -0.39 is 0 Å². The number of nitrogens with one attached hydrogen (secondary N) is 1. The molecule has 0 atom stereocenters. The van der Waals surface area contributed by atoms with Crippen molar-refractivity contribution in [2.75, 3.05) is 24.3 Å². The van der Waals surface area contributed by atoms with Gasteiger partial charge in [0.2, 0.25) is 5.91 Å². The number of benzene rings is 2. The van der Waals surface area contributed by atoms with E-state index >= 15 is 0 Å². The predicted octanol–water partition coefficient (Wildman–Crippen LogP) is 4.50. The van der Waals surface area contributed by atoms with Crippen LogP contribution in [0.2, 0.25) is 5.02 Å². The molecule has 0 saturated heterocycles. The molecule has 0 fully saturated rings. The second-order valence-electron chi connectivity index (χ2n) is 5.70. The number of halogens is 1. The first-order chi connectivity index (χ1) is 13.2. The van der Waals surface area contributed by atoms with Crippen molar-refractivity contribution >= 4 is 35.0 Å². The lowest BCUT2D eigenvalue weighted by Crippen LogP contribution is -2.17. The van der Waals surface area contributed by atoms with Gasteiger partial charge in [-0.3, -0.25) is 4.79 Å². The standard InChI is InChI=1S/C19H15ClN2O4S/c20-13-3-1-2-12(8-13)17-10-21-19(26-17)27-11-18(23)22-14-4-5-15-16(9-14)25-7-6-24-15/h1-5,8-10H,6-7,11H2,(H,22,23). The van der Waals surface area contributed by atoms with Crippen molar-refractivity contribution in [3.63, 3.8) is 0 Å². The lowest BCUT2D eigenvalue weighted by Gasteiger charge is -2.18. The number of hydrogen-bond acceptors (Lipinski definition) is 6. The molecule has 0 spiro atoms. The molecular formula is C19H15ClN2O4S. The molecule has 27 heavy (non-hydrogen) atoms. The first kappa shape index (κ1) is 17.8. The summed E-state index contributed by atoms with van der Waals surface area (Å²) in [6.07, 6.45) is 1.62. The Hall–Kier alpha value is -2.64. The quantitative estimate of drug-likeness (QED) is 0.633. The number of hydrogen-bond donors (Lipinski definition) is 1. The predicted molar refractivity (Wildman–Crippen MR) is 104 cm³/mol. The Bertz CT molecular complexity index is 976. The smallest absolute Gasteiger partial charge is 0.256 e. The maximum Gasteiger partial charge on any atom is 0.256 e. The molecule has 6 nitrogen and oxygen atoms in total. The van der Waals surface area contributed by atoms with E-state index in [1.54, 1.807) is 36.5 Å². The minimum atomic E-state index is -0.167. The number of carbonyl (C=O) groups excluding carboxylic acids is 1. The average Bonchev–Trinajstić information content (AvgIpc) is 3.15. The van der Waals surface area contributed by atoms with Crippen LogP contribution in [0.3, 0.4) is 0 Å². The number of fused-ring (bicyclic) bond motifs is 1. The van der Waals surface area contributed by atoms with Gasteiger partial charge in [-0.05, 0) is 24.3 Å². The normalized spacial score (nSPS) is 12.6. The molecule has 138 valence electrons. The van der Waals surface area contributed by atoms with Crippen LogP contribution in [0.1, 0.15) is 0 Å². The zero-order chi connectivity index (χ0) is 18.6. The van der Waals surface area contributed by atoms with Gasteiger partial charge in [-0.1, -0.05) is 35.5 Å². The van der Waals surface area contributed by atoms with Gasteiger partial charge in [0.25, 0.3) is 5.22 Å². The van der Waals surface area contributed by atoms with Gasteiger partial charge in [0.1, 0.15) is 13.2 Å². The van der Waals surface area contributed by atoms with E-state index in [1.165, 1.54) is 11.8 Å². The Morgan fingerprint density at radius 3 is 2.85 bits per heavy atom. The number of carbonyl (C=O) groups is 1. The summed E-state index contributed by atoms with van der Waals surface area (Å²) in [5, 5.41) is 3.87. The van der Waals surface area contributed by atoms with Crippen LogP contribution >= 0.6 is 23.4 Å². The minimum Gasteiger partial charge on any atom is -0.486 e. The third-order valence-corrected chi connectivity index (χ3v) is 4.82. The maximum absolute atomic E-state index is 12.2. The first-order valence-electron chi connectivity index (χ1n) is 8.21. The van der Waals surface area contributed by atoms with Crippen molar-refractivity contribution in [1.82, 2.24) is 4.98 Å². The lowest BCUT2D eigenvalue weighted by molar-refractivity contribution is -0.113. The van der Waals surface area contributed by atoms with Gasteiger partial charge in [0.05, 0.1) is 11.9 Å². The first-order valence-corrected chi connectivity index (χ1v) is 9.58. The monoisotopic (exact) mass is 402 g/mol. The Balaban J connectivity index is 1.34. The summed E-state index contributed by atoms with van der Waals surface area (Å²) in [4.78, 5) is 16.4. The highest BCUT2D eigenvalue weighted by atomic mass is 35.5. The maximum atomic E-state index is 12.2. The Morgan fingerprint density at radius 1 is 1.15 bits per heavy atom. The molecule has 0 unspecified atom stereocenters. The van der Waals surface area contributed by atoms with Crippen molar-refractivity contribution < 1.29 is 18.7 Å². The zero-order valence-electron chi connectivity index (χ0n) is 14.1. The molecular weight excluding hydrogens is 388 g/mol. The molecule has 1 aliphatic heterocycles. The van der Waals surface area contributed by atoms with Crippen molar-refractivity contribution in [3.05, 3.63) is 53.7 Å². The van der Waals surface area contributed by atoms with E-state index in [1.807, 2.05) is 12.1 Å². The van der Waals surface area contributed by atoms with Crippen molar-refractivity contribution in [2.24, 2.45) is 0 Å². The highest BCUT2D eigenvalue weighted by Crippen LogP contribution is 2.33. The van der Waals surface area contributed by atoms with E-state index in [9.17, 15) is 4.79 Å². The van der Waals surface area contributed by atoms with E-state index in [0.29, 0.717) is 46.4 Å². The summed E-state index contributed by atoms with van der Waals surface area (Å²) in [6, 6.07) is 12.6. The molecule has 1 aromatic heterocycles. The van der Waals surface area contributed by atoms with Crippen molar-refractivity contribution in [2.45, 2.75) is 5.22 Å². The zero-order valence-corrected chi connectivity index (χ0v) is 15.7. The second kappa shape index (κ2) is 7.94. The molecule has 1 N–H and O–H groups in total. The molecule has 0 radical (unpaired) electrons. The molecule has 0 saturated carbocycles. The highest BCUT2D eigenvalue weighted by molar-refractivity contribution is 7.99. The van der Waals surface area contributed by atoms with E-state index in [-0.39, 0.29) is 11.7 Å². The van der Waals surface area contributed by atoms with Crippen LogP contribution < -0.4 is 14.8 Å². The van der Waals surface area contributed by atoms with Crippen LogP contribution in [-0.2, 0) is 4.79 Å². The molecule has 1 amide bonds. The van der Waals surface area contributed by atoms with Gasteiger partial charge in [0, 0.05) is 22.3 Å². The van der Waals surface area contributed by atoms with Crippen LogP contribution in [0.25, 0.3) is 11.3 Å². The Morgan fingerprint density at radius 2 is 2.00 bits per heavy atom. The van der Waals surface area contributed by atoms with E-state index in [4.69, 9.17) is 25.5 Å². The number of nitrogens with zero attached hydrogens (tertiary/aromatic N) is 1. The van der Waals surface area contributed by atoms with Gasteiger partial charge >= 0.3 is 0 Å². The second-order valence-corrected chi connectivity index (χ2v) is 7.06. The topological polar surface area (TPSA) is 73.6 Å². The van der Waals surface area contributed by atoms with Crippen LogP contribution in [0.15, 0.2) is 58.3 Å². The molecule has 0 bridgehead atoms. The molecule has 3 aromatic rings. The van der Waals surface area contributed by atoms with Crippen molar-refractivity contribution in [3.8, 4) is 22.8 Å². The largest absolute Gasteiger partial charge is 0.486 e. The third-order valence-electron chi connectivity index (χ3n) is 3.75. The molecule has 4 rings (SSSR count). The summed E-state index contributed by atoms with van der Waals surface area (Å²) in [5.41, 5.74) is 1.49. The number of oxazole rings is 1. The fourth-order valence-corrected chi connectivity index (χ4v) is 3.34. The van der Waals surface area contributed by atoms with Gasteiger partial charge < -0.3 is 19.2 Å². The van der Waals surface area contributed by atoms with Gasteiger partial charge in [-0.15, -0.1) is 0 Å².